The van der Waals surface area contributed by atoms with Crippen LogP contribution in [0.2, 0.25) is 5.02 Å². The van der Waals surface area contributed by atoms with Crippen molar-refractivity contribution >= 4 is 23.4 Å². The van der Waals surface area contributed by atoms with Crippen LogP contribution in [0.15, 0.2) is 24.3 Å². The van der Waals surface area contributed by atoms with Gasteiger partial charge in [-0.1, -0.05) is 42.6 Å². The number of halogens is 1. The summed E-state index contributed by atoms with van der Waals surface area (Å²) in [7, 11) is 1.84. The van der Waals surface area contributed by atoms with Gasteiger partial charge in [-0.2, -0.15) is 0 Å². The third-order valence-electron chi connectivity index (χ3n) is 5.48. The molecule has 5 heteroatoms. The van der Waals surface area contributed by atoms with Crippen LogP contribution >= 0.6 is 11.6 Å². The Hall–Kier alpha value is -1.55. The molecule has 3 rings (SSSR count). The lowest BCUT2D eigenvalue weighted by Gasteiger charge is -2.50. The van der Waals surface area contributed by atoms with Gasteiger partial charge in [-0.15, -0.1) is 0 Å². The molecule has 2 atom stereocenters. The van der Waals surface area contributed by atoms with Gasteiger partial charge >= 0.3 is 0 Å². The lowest BCUT2D eigenvalue weighted by molar-refractivity contribution is -0.153. The zero-order valence-electron chi connectivity index (χ0n) is 13.5. The molecule has 1 aromatic carbocycles. The third kappa shape index (κ3) is 2.97. The lowest BCUT2D eigenvalue weighted by atomic mass is 9.64. The number of carbonyl (C=O) groups excluding carboxylic acids is 2. The van der Waals surface area contributed by atoms with Crippen molar-refractivity contribution in [2.45, 2.75) is 51.1 Å². The lowest BCUT2D eigenvalue weighted by Crippen LogP contribution is -2.60. The Labute approximate surface area is 142 Å². The van der Waals surface area contributed by atoms with E-state index in [1.165, 1.54) is 0 Å². The van der Waals surface area contributed by atoms with E-state index < -0.39 is 5.41 Å². The fourth-order valence-corrected chi connectivity index (χ4v) is 4.33. The van der Waals surface area contributed by atoms with Gasteiger partial charge in [0, 0.05) is 31.1 Å². The molecule has 1 N–H and O–H groups in total. The van der Waals surface area contributed by atoms with Crippen LogP contribution in [0.4, 0.5) is 0 Å². The summed E-state index contributed by atoms with van der Waals surface area (Å²) in [6.07, 6.45) is 5.05. The number of rotatable bonds is 3. The van der Waals surface area contributed by atoms with E-state index in [-0.39, 0.29) is 17.9 Å². The number of fused-ring (bicyclic) bond motifs is 1. The van der Waals surface area contributed by atoms with Crippen molar-refractivity contribution < 1.29 is 9.59 Å². The minimum atomic E-state index is -0.428. The molecule has 0 unspecified atom stereocenters. The predicted molar refractivity (Wildman–Crippen MR) is 90.0 cm³/mol. The Morgan fingerprint density at radius 1 is 1.35 bits per heavy atom. The van der Waals surface area contributed by atoms with Crippen LogP contribution in [-0.4, -0.2) is 29.8 Å². The molecule has 1 saturated carbocycles. The smallest absolute Gasteiger partial charge is 0.228 e. The van der Waals surface area contributed by atoms with E-state index in [2.05, 4.69) is 5.32 Å². The number of nitrogens with one attached hydrogen (secondary N) is 1. The van der Waals surface area contributed by atoms with Gasteiger partial charge in [0.05, 0.1) is 5.41 Å². The molecular weight excluding hydrogens is 312 g/mol. The van der Waals surface area contributed by atoms with Crippen molar-refractivity contribution in [1.82, 2.24) is 10.2 Å². The van der Waals surface area contributed by atoms with E-state index in [1.807, 2.05) is 31.3 Å². The molecule has 2 aliphatic rings. The second-order valence-corrected chi connectivity index (χ2v) is 7.10. The molecule has 1 aliphatic carbocycles. The quantitative estimate of drug-likeness (QED) is 0.923. The molecule has 0 spiro atoms. The van der Waals surface area contributed by atoms with E-state index in [0.717, 1.165) is 31.2 Å². The van der Waals surface area contributed by atoms with Crippen molar-refractivity contribution in [3.63, 3.8) is 0 Å². The van der Waals surface area contributed by atoms with E-state index in [1.54, 1.807) is 4.90 Å². The molecule has 4 nitrogen and oxygen atoms in total. The average Bonchev–Trinajstić information content (AvgIpc) is 2.57. The summed E-state index contributed by atoms with van der Waals surface area (Å²) in [4.78, 5) is 26.8. The molecule has 1 aliphatic heterocycles. The summed E-state index contributed by atoms with van der Waals surface area (Å²) in [5.41, 5.74) is 0.494. The summed E-state index contributed by atoms with van der Waals surface area (Å²) in [6, 6.07) is 7.59. The Bertz CT molecular complexity index is 619. The fraction of sp³-hybridized carbons (Fsp3) is 0.556. The van der Waals surface area contributed by atoms with Crippen LogP contribution in [0, 0.1) is 5.41 Å². The molecule has 1 heterocycles. The Morgan fingerprint density at radius 2 is 2.13 bits per heavy atom. The molecule has 0 aromatic heterocycles. The molecule has 1 saturated heterocycles. The molecule has 0 bridgehead atoms. The number of hydrogen-bond acceptors (Lipinski definition) is 2. The molecule has 2 fully saturated rings. The Kier molecular flexibility index (Phi) is 4.62. The molecule has 23 heavy (non-hydrogen) atoms. The highest BCUT2D eigenvalue weighted by molar-refractivity contribution is 6.31. The number of hydrogen-bond donors (Lipinski definition) is 1. The number of amides is 2. The summed E-state index contributed by atoms with van der Waals surface area (Å²) in [6.45, 7) is 0.435. The van der Waals surface area contributed by atoms with Gasteiger partial charge in [0.25, 0.3) is 0 Å². The average molecular weight is 335 g/mol. The largest absolute Gasteiger partial charge is 0.351 e. The summed E-state index contributed by atoms with van der Waals surface area (Å²) in [5, 5.41) is 3.74. The van der Waals surface area contributed by atoms with Crippen molar-refractivity contribution in [2.75, 3.05) is 7.05 Å². The molecule has 1 aromatic rings. The van der Waals surface area contributed by atoms with Gasteiger partial charge in [0.2, 0.25) is 11.8 Å². The standard InChI is InChI=1S/C18H23ClN2O2/c1-21-15-8-4-5-10-18(15,11-9-16(21)22)17(23)20-12-13-6-2-3-7-14(13)19/h2-3,6-7,15H,4-5,8-12H2,1H3,(H,20,23)/t15-,18-/m1/s1. The first-order valence-corrected chi connectivity index (χ1v) is 8.70. The zero-order chi connectivity index (χ0) is 16.4. The number of nitrogens with zero attached hydrogens (tertiary/aromatic N) is 1. The van der Waals surface area contributed by atoms with Crippen LogP contribution in [0.3, 0.4) is 0 Å². The zero-order valence-corrected chi connectivity index (χ0v) is 14.2. The van der Waals surface area contributed by atoms with Gasteiger partial charge in [-0.25, -0.2) is 0 Å². The van der Waals surface area contributed by atoms with Crippen molar-refractivity contribution in [3.8, 4) is 0 Å². The molecule has 2 amide bonds. The third-order valence-corrected chi connectivity index (χ3v) is 5.85. The SMILES string of the molecule is CN1C(=O)CC[C@]2(C(=O)NCc3ccccc3Cl)CCCC[C@@H]12. The van der Waals surface area contributed by atoms with Gasteiger partial charge in [0.15, 0.2) is 0 Å². The van der Waals surface area contributed by atoms with Crippen molar-refractivity contribution in [3.05, 3.63) is 34.9 Å². The summed E-state index contributed by atoms with van der Waals surface area (Å²) >= 11 is 6.17. The van der Waals surface area contributed by atoms with E-state index in [9.17, 15) is 9.59 Å². The van der Waals surface area contributed by atoms with Crippen LogP contribution in [-0.2, 0) is 16.1 Å². The molecular formula is C18H23ClN2O2. The van der Waals surface area contributed by atoms with Crippen LogP contribution < -0.4 is 5.32 Å². The van der Waals surface area contributed by atoms with Crippen molar-refractivity contribution in [2.24, 2.45) is 5.41 Å². The van der Waals surface area contributed by atoms with Gasteiger partial charge in [-0.05, 0) is 30.9 Å². The van der Waals surface area contributed by atoms with Crippen LogP contribution in [0.1, 0.15) is 44.1 Å². The maximum Gasteiger partial charge on any atom is 0.228 e. The highest BCUT2D eigenvalue weighted by Gasteiger charge is 2.52. The number of benzene rings is 1. The maximum atomic E-state index is 13.0. The Balaban J connectivity index is 1.76. The fourth-order valence-electron chi connectivity index (χ4n) is 4.13. The van der Waals surface area contributed by atoms with Gasteiger partial charge in [-0.3, -0.25) is 9.59 Å². The molecule has 0 radical (unpaired) electrons. The molecule has 124 valence electrons. The number of carbonyl (C=O) groups is 2. The number of likely N-dealkylation sites (tertiary alicyclic amines) is 1. The Morgan fingerprint density at radius 3 is 2.91 bits per heavy atom. The monoisotopic (exact) mass is 334 g/mol. The van der Waals surface area contributed by atoms with Crippen LogP contribution in [0.5, 0.6) is 0 Å². The van der Waals surface area contributed by atoms with Crippen molar-refractivity contribution in [1.29, 1.82) is 0 Å². The number of piperidine rings is 1. The first-order chi connectivity index (χ1) is 11.0. The topological polar surface area (TPSA) is 49.4 Å². The van der Waals surface area contributed by atoms with E-state index >= 15 is 0 Å². The maximum absolute atomic E-state index is 13.0. The second kappa shape index (κ2) is 6.52. The predicted octanol–water partition coefficient (Wildman–Crippen LogP) is 3.14. The highest BCUT2D eigenvalue weighted by atomic mass is 35.5. The first-order valence-electron chi connectivity index (χ1n) is 8.32. The minimum Gasteiger partial charge on any atom is -0.351 e. The van der Waals surface area contributed by atoms with Gasteiger partial charge < -0.3 is 10.2 Å². The van der Waals surface area contributed by atoms with E-state index in [0.29, 0.717) is 24.4 Å². The summed E-state index contributed by atoms with van der Waals surface area (Å²) < 4.78 is 0. The first kappa shape index (κ1) is 16.3. The van der Waals surface area contributed by atoms with Gasteiger partial charge in [0.1, 0.15) is 0 Å². The minimum absolute atomic E-state index is 0.0312. The second-order valence-electron chi connectivity index (χ2n) is 6.70. The van der Waals surface area contributed by atoms with Crippen LogP contribution in [0.25, 0.3) is 0 Å². The normalized spacial score (nSPS) is 27.5. The highest BCUT2D eigenvalue weighted by Crippen LogP contribution is 2.46. The summed E-state index contributed by atoms with van der Waals surface area (Å²) in [5.74, 6) is 0.230. The van der Waals surface area contributed by atoms with E-state index in [4.69, 9.17) is 11.6 Å².